The second-order valence-electron chi connectivity index (χ2n) is 7.11. The SMILES string of the molecule is CC1=C(C(=O)Nc2cccnc2)C(c2ccncc2)n2nc(-c3ccccc3)nc2N1. The summed E-state index contributed by atoms with van der Waals surface area (Å²) >= 11 is 0. The third kappa shape index (κ3) is 3.55. The number of carbonyl (C=O) groups is 1. The summed E-state index contributed by atoms with van der Waals surface area (Å²) in [6, 6.07) is 16.6. The molecule has 0 radical (unpaired) electrons. The van der Waals surface area contributed by atoms with Gasteiger partial charge in [-0.25, -0.2) is 4.68 Å². The van der Waals surface area contributed by atoms with Crippen molar-refractivity contribution in [2.24, 2.45) is 0 Å². The highest BCUT2D eigenvalue weighted by Gasteiger charge is 2.34. The van der Waals surface area contributed by atoms with Crippen LogP contribution in [-0.4, -0.2) is 30.6 Å². The lowest BCUT2D eigenvalue weighted by Gasteiger charge is -2.28. The number of rotatable bonds is 4. The van der Waals surface area contributed by atoms with E-state index in [1.165, 1.54) is 0 Å². The van der Waals surface area contributed by atoms with Crippen molar-refractivity contribution < 1.29 is 4.79 Å². The van der Waals surface area contributed by atoms with Gasteiger partial charge in [0.1, 0.15) is 6.04 Å². The molecule has 2 N–H and O–H groups in total. The molecule has 0 fully saturated rings. The molecule has 1 aliphatic heterocycles. The highest BCUT2D eigenvalue weighted by atomic mass is 16.1. The number of amides is 1. The molecule has 0 saturated heterocycles. The van der Waals surface area contributed by atoms with Crippen LogP contribution < -0.4 is 10.6 Å². The molecule has 0 spiro atoms. The summed E-state index contributed by atoms with van der Waals surface area (Å²) in [4.78, 5) is 26.2. The van der Waals surface area contributed by atoms with Gasteiger partial charge in [0, 0.05) is 29.9 Å². The van der Waals surface area contributed by atoms with Crippen molar-refractivity contribution in [3.63, 3.8) is 0 Å². The average Bonchev–Trinajstić information content (AvgIpc) is 3.23. The number of hydrogen-bond donors (Lipinski definition) is 2. The summed E-state index contributed by atoms with van der Waals surface area (Å²) in [5, 5.41) is 10.9. The Hall–Kier alpha value is -4.33. The third-order valence-electron chi connectivity index (χ3n) is 5.07. The van der Waals surface area contributed by atoms with Gasteiger partial charge in [-0.1, -0.05) is 30.3 Å². The molecule has 152 valence electrons. The lowest BCUT2D eigenvalue weighted by atomic mass is 9.96. The second kappa shape index (κ2) is 7.83. The fourth-order valence-corrected chi connectivity index (χ4v) is 3.64. The standard InChI is InChI=1S/C23H19N7O/c1-15-19(22(31)27-18-8-5-11-25-14-18)20(16-9-12-24-13-10-16)30-23(26-15)28-21(29-30)17-6-3-2-4-7-17/h2-14,20H,1H3,(H,27,31)(H,26,28,29). The van der Waals surface area contributed by atoms with E-state index in [2.05, 4.69) is 25.6 Å². The number of aromatic nitrogens is 5. The highest BCUT2D eigenvalue weighted by Crippen LogP contribution is 2.36. The molecule has 0 saturated carbocycles. The maximum absolute atomic E-state index is 13.3. The Bertz CT molecular complexity index is 1250. The van der Waals surface area contributed by atoms with Crippen molar-refractivity contribution in [1.82, 2.24) is 24.7 Å². The topological polar surface area (TPSA) is 97.6 Å². The maximum atomic E-state index is 13.3. The zero-order valence-electron chi connectivity index (χ0n) is 16.7. The van der Waals surface area contributed by atoms with E-state index in [9.17, 15) is 4.79 Å². The van der Waals surface area contributed by atoms with Crippen LogP contribution in [0.3, 0.4) is 0 Å². The van der Waals surface area contributed by atoms with E-state index in [1.807, 2.05) is 49.4 Å². The number of anilines is 2. The first-order chi connectivity index (χ1) is 15.2. The molecular weight excluding hydrogens is 390 g/mol. The van der Waals surface area contributed by atoms with Crippen LogP contribution in [0.1, 0.15) is 18.5 Å². The first-order valence-electron chi connectivity index (χ1n) is 9.82. The number of fused-ring (bicyclic) bond motifs is 1. The van der Waals surface area contributed by atoms with Gasteiger partial charge in [-0.15, -0.1) is 5.10 Å². The summed E-state index contributed by atoms with van der Waals surface area (Å²) in [5.74, 6) is 0.933. The molecule has 4 heterocycles. The van der Waals surface area contributed by atoms with E-state index in [0.717, 1.165) is 11.1 Å². The summed E-state index contributed by atoms with van der Waals surface area (Å²) in [7, 11) is 0. The normalized spacial score (nSPS) is 15.2. The Morgan fingerprint density at radius 2 is 1.81 bits per heavy atom. The van der Waals surface area contributed by atoms with E-state index >= 15 is 0 Å². The summed E-state index contributed by atoms with van der Waals surface area (Å²) in [5.41, 5.74) is 3.67. The molecular formula is C23H19N7O. The smallest absolute Gasteiger partial charge is 0.255 e. The minimum Gasteiger partial charge on any atom is -0.328 e. The van der Waals surface area contributed by atoms with Crippen molar-refractivity contribution in [1.29, 1.82) is 0 Å². The number of benzene rings is 1. The number of nitrogens with one attached hydrogen (secondary N) is 2. The van der Waals surface area contributed by atoms with Crippen LogP contribution in [0, 0.1) is 0 Å². The number of carbonyl (C=O) groups excluding carboxylic acids is 1. The molecule has 3 aromatic heterocycles. The molecule has 0 aliphatic carbocycles. The number of hydrogen-bond acceptors (Lipinski definition) is 6. The first kappa shape index (κ1) is 18.7. The Labute approximate surface area is 178 Å². The Kier molecular flexibility index (Phi) is 4.72. The zero-order valence-corrected chi connectivity index (χ0v) is 16.7. The van der Waals surface area contributed by atoms with Gasteiger partial charge in [0.15, 0.2) is 5.82 Å². The van der Waals surface area contributed by atoms with Gasteiger partial charge in [-0.2, -0.15) is 4.98 Å². The van der Waals surface area contributed by atoms with Crippen LogP contribution in [0.5, 0.6) is 0 Å². The van der Waals surface area contributed by atoms with Gasteiger partial charge >= 0.3 is 0 Å². The van der Waals surface area contributed by atoms with Crippen molar-refractivity contribution in [2.45, 2.75) is 13.0 Å². The van der Waals surface area contributed by atoms with E-state index in [-0.39, 0.29) is 5.91 Å². The molecule has 1 atom stereocenters. The Morgan fingerprint density at radius 3 is 2.55 bits per heavy atom. The summed E-state index contributed by atoms with van der Waals surface area (Å²) in [6.45, 7) is 1.87. The minimum atomic E-state index is -0.458. The predicted octanol–water partition coefficient (Wildman–Crippen LogP) is 3.66. The molecule has 1 aromatic carbocycles. The molecule has 1 aliphatic rings. The van der Waals surface area contributed by atoms with Crippen molar-refractivity contribution >= 4 is 17.5 Å². The van der Waals surface area contributed by atoms with Crippen molar-refractivity contribution in [3.05, 3.63) is 96.2 Å². The summed E-state index contributed by atoms with van der Waals surface area (Å²) in [6.07, 6.45) is 6.69. The molecule has 31 heavy (non-hydrogen) atoms. The van der Waals surface area contributed by atoms with Crippen LogP contribution in [-0.2, 0) is 4.79 Å². The number of pyridine rings is 2. The van der Waals surface area contributed by atoms with Gasteiger partial charge in [0.2, 0.25) is 5.95 Å². The van der Waals surface area contributed by atoms with Gasteiger partial charge < -0.3 is 10.6 Å². The third-order valence-corrected chi connectivity index (χ3v) is 5.07. The molecule has 1 amide bonds. The number of allylic oxidation sites excluding steroid dienone is 1. The molecule has 5 rings (SSSR count). The van der Waals surface area contributed by atoms with Gasteiger partial charge in [0.05, 0.1) is 17.5 Å². The predicted molar refractivity (Wildman–Crippen MR) is 117 cm³/mol. The van der Waals surface area contributed by atoms with Gasteiger partial charge in [0.25, 0.3) is 5.91 Å². The van der Waals surface area contributed by atoms with E-state index in [0.29, 0.717) is 28.7 Å². The molecule has 8 nitrogen and oxygen atoms in total. The fraction of sp³-hybridized carbons (Fsp3) is 0.0870. The van der Waals surface area contributed by atoms with E-state index in [1.54, 1.807) is 41.6 Å². The fourth-order valence-electron chi connectivity index (χ4n) is 3.64. The van der Waals surface area contributed by atoms with E-state index < -0.39 is 6.04 Å². The van der Waals surface area contributed by atoms with E-state index in [4.69, 9.17) is 5.10 Å². The van der Waals surface area contributed by atoms with Crippen LogP contribution >= 0.6 is 0 Å². The lowest BCUT2D eigenvalue weighted by molar-refractivity contribution is -0.113. The van der Waals surface area contributed by atoms with Crippen molar-refractivity contribution in [2.75, 3.05) is 10.6 Å². The minimum absolute atomic E-state index is 0.234. The summed E-state index contributed by atoms with van der Waals surface area (Å²) < 4.78 is 1.75. The first-order valence-corrected chi connectivity index (χ1v) is 9.82. The van der Waals surface area contributed by atoms with Crippen LogP contribution in [0.25, 0.3) is 11.4 Å². The van der Waals surface area contributed by atoms with Crippen LogP contribution in [0.15, 0.2) is 90.7 Å². The molecule has 4 aromatic rings. The monoisotopic (exact) mass is 409 g/mol. The Morgan fingerprint density at radius 1 is 1.00 bits per heavy atom. The molecule has 8 heteroatoms. The Balaban J connectivity index is 1.60. The average molecular weight is 409 g/mol. The zero-order chi connectivity index (χ0) is 21.2. The molecule has 1 unspecified atom stereocenters. The second-order valence-corrected chi connectivity index (χ2v) is 7.11. The number of nitrogens with zero attached hydrogens (tertiary/aromatic N) is 5. The molecule has 0 bridgehead atoms. The highest BCUT2D eigenvalue weighted by molar-refractivity contribution is 6.05. The van der Waals surface area contributed by atoms with Crippen LogP contribution in [0.4, 0.5) is 11.6 Å². The van der Waals surface area contributed by atoms with Gasteiger partial charge in [-0.3, -0.25) is 14.8 Å². The lowest BCUT2D eigenvalue weighted by Crippen LogP contribution is -2.31. The van der Waals surface area contributed by atoms with Crippen LogP contribution in [0.2, 0.25) is 0 Å². The maximum Gasteiger partial charge on any atom is 0.255 e. The quantitative estimate of drug-likeness (QED) is 0.534. The van der Waals surface area contributed by atoms with Gasteiger partial charge in [-0.05, 0) is 36.8 Å². The largest absolute Gasteiger partial charge is 0.328 e. The van der Waals surface area contributed by atoms with Crippen molar-refractivity contribution in [3.8, 4) is 11.4 Å².